The molecule has 48 valence electrons. The summed E-state index contributed by atoms with van der Waals surface area (Å²) in [5.74, 6) is 0. The van der Waals surface area contributed by atoms with Gasteiger partial charge in [-0.2, -0.15) is 4.13 Å². The Balaban J connectivity index is 3.99. The highest BCUT2D eigenvalue weighted by atomic mass is 32.1. The maximum absolute atomic E-state index is 11.0. The summed E-state index contributed by atoms with van der Waals surface area (Å²) in [4.78, 5) is 0. The molecule has 4 heteroatoms. The first-order valence-corrected chi connectivity index (χ1v) is 5.01. The normalized spacial score (nSPS) is 11.2. The van der Waals surface area contributed by atoms with Gasteiger partial charge in [0.15, 0.2) is 0 Å². The van der Waals surface area contributed by atoms with Gasteiger partial charge >= 0.3 is 0 Å². The van der Waals surface area contributed by atoms with Crippen LogP contribution >= 0.6 is 7.29 Å². The van der Waals surface area contributed by atoms with Gasteiger partial charge in [0.2, 0.25) is 7.29 Å². The summed E-state index contributed by atoms with van der Waals surface area (Å²) in [6.45, 7) is 3.69. The van der Waals surface area contributed by atoms with E-state index in [0.29, 0.717) is 12.3 Å². The molecule has 0 aromatic rings. The van der Waals surface area contributed by atoms with Crippen LogP contribution in [0.5, 0.6) is 0 Å². The van der Waals surface area contributed by atoms with Crippen molar-refractivity contribution < 1.29 is 4.57 Å². The molecule has 0 aromatic heterocycles. The van der Waals surface area contributed by atoms with Gasteiger partial charge in [0.1, 0.15) is 0 Å². The monoisotopic (exact) mass is 151 g/mol. The van der Waals surface area contributed by atoms with Gasteiger partial charge in [-0.15, -0.1) is 0 Å². The smallest absolute Gasteiger partial charge is 0.201 e. The fraction of sp³-hybridized carbons (Fsp3) is 1.00. The molecular formula is C4H10NOPS. The summed E-state index contributed by atoms with van der Waals surface area (Å²) in [5, 5.41) is 0. The second kappa shape index (κ2) is 3.31. The molecule has 0 N–H and O–H groups in total. The molecule has 0 aliphatic heterocycles. The van der Waals surface area contributed by atoms with Crippen LogP contribution in [-0.2, 0) is 17.0 Å². The average molecular weight is 151 g/mol. The standard InChI is InChI=1S/C4H10NOPS/c1-3-7(6,4-2)5-8/h3-4H2,1-2H3. The minimum absolute atomic E-state index is 0.604. The van der Waals surface area contributed by atoms with Crippen LogP contribution in [0, 0.1) is 0 Å². The first-order valence-electron chi connectivity index (χ1n) is 2.61. The molecule has 8 heavy (non-hydrogen) atoms. The first-order chi connectivity index (χ1) is 3.68. The van der Waals surface area contributed by atoms with Crippen LogP contribution < -0.4 is 0 Å². The van der Waals surface area contributed by atoms with Crippen molar-refractivity contribution >= 4 is 19.7 Å². The lowest BCUT2D eigenvalue weighted by Crippen LogP contribution is -1.82. The summed E-state index contributed by atoms with van der Waals surface area (Å²) in [5.41, 5.74) is 0. The molecule has 0 bridgehead atoms. The Kier molecular flexibility index (Phi) is 3.41. The van der Waals surface area contributed by atoms with E-state index in [4.69, 9.17) is 0 Å². The molecule has 0 amide bonds. The van der Waals surface area contributed by atoms with E-state index in [9.17, 15) is 4.57 Å². The number of nitrogens with zero attached hydrogens (tertiary/aromatic N) is 1. The van der Waals surface area contributed by atoms with Gasteiger partial charge in [0, 0.05) is 24.7 Å². The van der Waals surface area contributed by atoms with Crippen molar-refractivity contribution in [3.63, 3.8) is 0 Å². The average Bonchev–Trinajstić information content (AvgIpc) is 1.87. The molecule has 0 fully saturated rings. The van der Waals surface area contributed by atoms with Gasteiger partial charge < -0.3 is 0 Å². The molecule has 0 radical (unpaired) electrons. The molecule has 0 spiro atoms. The maximum atomic E-state index is 11.0. The van der Waals surface area contributed by atoms with Gasteiger partial charge in [0.25, 0.3) is 0 Å². The van der Waals surface area contributed by atoms with Crippen LogP contribution in [0.1, 0.15) is 13.8 Å². The minimum Gasteiger partial charge on any atom is -0.298 e. The van der Waals surface area contributed by atoms with Crippen LogP contribution in [0.4, 0.5) is 0 Å². The van der Waals surface area contributed by atoms with E-state index < -0.39 is 7.29 Å². The fourth-order valence-electron chi connectivity index (χ4n) is 0.339. The van der Waals surface area contributed by atoms with Crippen molar-refractivity contribution in [2.75, 3.05) is 12.3 Å². The zero-order valence-corrected chi connectivity index (χ0v) is 6.84. The van der Waals surface area contributed by atoms with E-state index in [0.717, 1.165) is 0 Å². The molecular weight excluding hydrogens is 141 g/mol. The van der Waals surface area contributed by atoms with Gasteiger partial charge in [-0.05, 0) is 0 Å². The fourth-order valence-corrected chi connectivity index (χ4v) is 1.71. The Morgan fingerprint density at radius 3 is 1.88 bits per heavy atom. The largest absolute Gasteiger partial charge is 0.298 e. The molecule has 0 aliphatic carbocycles. The molecule has 0 atom stereocenters. The molecule has 0 saturated carbocycles. The Bertz CT molecular complexity index is 117. The Morgan fingerprint density at radius 1 is 1.50 bits per heavy atom. The number of hydrogen-bond donors (Lipinski definition) is 0. The Hall–Kier alpha value is 0.250. The van der Waals surface area contributed by atoms with Crippen molar-refractivity contribution in [2.45, 2.75) is 13.8 Å². The molecule has 2 nitrogen and oxygen atoms in total. The lowest BCUT2D eigenvalue weighted by molar-refractivity contribution is 0.578. The Labute approximate surface area is 55.3 Å². The van der Waals surface area contributed by atoms with Gasteiger partial charge in [0.05, 0.1) is 0 Å². The zero-order chi connectivity index (χ0) is 6.62. The van der Waals surface area contributed by atoms with Crippen LogP contribution in [0.3, 0.4) is 0 Å². The quantitative estimate of drug-likeness (QED) is 0.577. The zero-order valence-electron chi connectivity index (χ0n) is 5.13. The van der Waals surface area contributed by atoms with E-state index in [-0.39, 0.29) is 0 Å². The third kappa shape index (κ3) is 2.01. The molecule has 0 aromatic carbocycles. The second-order valence-electron chi connectivity index (χ2n) is 1.56. The predicted molar refractivity (Wildman–Crippen MR) is 38.5 cm³/mol. The second-order valence-corrected chi connectivity index (χ2v) is 5.17. The summed E-state index contributed by atoms with van der Waals surface area (Å²) in [6, 6.07) is 0. The highest BCUT2D eigenvalue weighted by molar-refractivity contribution is 7.69. The van der Waals surface area contributed by atoms with Crippen molar-refractivity contribution in [3.05, 3.63) is 0 Å². The van der Waals surface area contributed by atoms with Crippen molar-refractivity contribution in [1.29, 1.82) is 0 Å². The summed E-state index contributed by atoms with van der Waals surface area (Å²) < 4.78 is 14.4. The third-order valence-electron chi connectivity index (χ3n) is 1.14. The first kappa shape index (κ1) is 8.25. The maximum Gasteiger partial charge on any atom is 0.201 e. The van der Waals surface area contributed by atoms with Crippen LogP contribution in [0.2, 0.25) is 0 Å². The Morgan fingerprint density at radius 2 is 1.88 bits per heavy atom. The van der Waals surface area contributed by atoms with E-state index in [1.54, 1.807) is 0 Å². The minimum atomic E-state index is -2.22. The topological polar surface area (TPSA) is 29.4 Å². The summed E-state index contributed by atoms with van der Waals surface area (Å²) in [6.07, 6.45) is 1.21. The van der Waals surface area contributed by atoms with E-state index in [1.807, 2.05) is 13.8 Å². The third-order valence-corrected chi connectivity index (χ3v) is 4.30. The van der Waals surface area contributed by atoms with Crippen molar-refractivity contribution in [2.24, 2.45) is 4.13 Å². The molecule has 0 unspecified atom stereocenters. The van der Waals surface area contributed by atoms with E-state index >= 15 is 0 Å². The van der Waals surface area contributed by atoms with E-state index in [1.165, 1.54) is 0 Å². The van der Waals surface area contributed by atoms with Gasteiger partial charge in [-0.1, -0.05) is 13.8 Å². The van der Waals surface area contributed by atoms with Crippen LogP contribution in [0.25, 0.3) is 0 Å². The number of hydrogen-bond acceptors (Lipinski definition) is 2. The van der Waals surface area contributed by atoms with Crippen LogP contribution in [-0.4, -0.2) is 12.3 Å². The summed E-state index contributed by atoms with van der Waals surface area (Å²) >= 11 is 4.35. The number of rotatable bonds is 3. The lowest BCUT2D eigenvalue weighted by Gasteiger charge is -2.02. The highest BCUT2D eigenvalue weighted by Gasteiger charge is 2.12. The predicted octanol–water partition coefficient (Wildman–Crippen LogP) is 2.03. The molecule has 0 aliphatic rings. The molecule has 0 heterocycles. The molecule has 0 saturated heterocycles. The lowest BCUT2D eigenvalue weighted by atomic mass is 11.0. The van der Waals surface area contributed by atoms with Gasteiger partial charge in [-0.25, -0.2) is 0 Å². The SMILES string of the molecule is CCP(=O)(CC)N=S. The summed E-state index contributed by atoms with van der Waals surface area (Å²) in [7, 11) is -2.22. The molecule has 0 rings (SSSR count). The van der Waals surface area contributed by atoms with Gasteiger partial charge in [-0.3, -0.25) is 4.57 Å². The van der Waals surface area contributed by atoms with Crippen molar-refractivity contribution in [1.82, 2.24) is 0 Å². The van der Waals surface area contributed by atoms with Crippen LogP contribution in [0.15, 0.2) is 4.13 Å². The van der Waals surface area contributed by atoms with E-state index in [2.05, 4.69) is 16.6 Å². The highest BCUT2D eigenvalue weighted by Crippen LogP contribution is 2.45. The van der Waals surface area contributed by atoms with Crippen molar-refractivity contribution in [3.8, 4) is 0 Å².